The predicted molar refractivity (Wildman–Crippen MR) is 122 cm³/mol. The van der Waals surface area contributed by atoms with Gasteiger partial charge < -0.3 is 4.90 Å². The summed E-state index contributed by atoms with van der Waals surface area (Å²) < 4.78 is 0. The van der Waals surface area contributed by atoms with Gasteiger partial charge in [-0.2, -0.15) is 0 Å². The lowest BCUT2D eigenvalue weighted by Gasteiger charge is -2.11. The first-order valence-corrected chi connectivity index (χ1v) is 8.97. The summed E-state index contributed by atoms with van der Waals surface area (Å²) in [6.07, 6.45) is 9.66. The van der Waals surface area contributed by atoms with E-state index in [0.717, 1.165) is 39.4 Å². The monoisotopic (exact) mass is 361 g/mol. The van der Waals surface area contributed by atoms with E-state index in [1.807, 2.05) is 64.1 Å². The zero-order chi connectivity index (χ0) is 20.4. The molecule has 27 heavy (non-hydrogen) atoms. The van der Waals surface area contributed by atoms with Gasteiger partial charge in [0.2, 0.25) is 0 Å². The van der Waals surface area contributed by atoms with Gasteiger partial charge in [-0.25, -0.2) is 0 Å². The maximum atomic E-state index is 4.81. The Balaban J connectivity index is 3.38. The van der Waals surface area contributed by atoms with Crippen LogP contribution in [0.4, 0.5) is 0 Å². The maximum Gasteiger partial charge on any atom is 0.0657 e. The summed E-state index contributed by atoms with van der Waals surface area (Å²) in [5.41, 5.74) is 6.90. The molecule has 0 heterocycles. The Hall–Kier alpha value is -2.94. The van der Waals surface area contributed by atoms with Crippen molar-refractivity contribution in [3.63, 3.8) is 0 Å². The molecule has 0 saturated heterocycles. The van der Waals surface area contributed by atoms with E-state index in [0.29, 0.717) is 0 Å². The highest BCUT2D eigenvalue weighted by atomic mass is 15.0. The number of nitrogens with zero attached hydrogens (tertiary/aromatic N) is 3. The molecule has 0 fully saturated rings. The highest BCUT2D eigenvalue weighted by Crippen LogP contribution is 2.19. The largest absolute Gasteiger partial charge is 0.383 e. The van der Waals surface area contributed by atoms with Crippen LogP contribution in [0.1, 0.15) is 31.9 Å². The molecule has 3 heteroatoms. The summed E-state index contributed by atoms with van der Waals surface area (Å²) in [6, 6.07) is 8.33. The lowest BCUT2D eigenvalue weighted by molar-refractivity contribution is 0.566. The standard InChI is InChI=1S/C24H31N3/c1-9-13-24(25-6)23(11-3)19(5)26-18(4)21-14-12-15-22(16-21)20(10-2)17-27(7)8/h9-17H,2-3H2,1,4-8H3/b13-9-,20-17+,23-19+,25-24?,26-18?. The molecule has 3 nitrogen and oxygen atoms in total. The van der Waals surface area contributed by atoms with Gasteiger partial charge in [-0.3, -0.25) is 9.98 Å². The summed E-state index contributed by atoms with van der Waals surface area (Å²) >= 11 is 0. The van der Waals surface area contributed by atoms with Crippen molar-refractivity contribution in [2.75, 3.05) is 21.1 Å². The van der Waals surface area contributed by atoms with Crippen molar-refractivity contribution < 1.29 is 0 Å². The summed E-state index contributed by atoms with van der Waals surface area (Å²) in [7, 11) is 5.78. The Kier molecular flexibility index (Phi) is 8.94. The van der Waals surface area contributed by atoms with Crippen LogP contribution in [0.5, 0.6) is 0 Å². The van der Waals surface area contributed by atoms with Gasteiger partial charge in [0.05, 0.1) is 5.71 Å². The molecular weight excluding hydrogens is 330 g/mol. The van der Waals surface area contributed by atoms with Crippen molar-refractivity contribution in [1.29, 1.82) is 0 Å². The fourth-order valence-corrected chi connectivity index (χ4v) is 2.70. The van der Waals surface area contributed by atoms with Crippen LogP contribution in [0.3, 0.4) is 0 Å². The SMILES string of the molecule is C=C/C(=C\N(C)C)c1cccc(C(C)=N/C(C)=C(\C=C)C(/C=C\C)=NC)c1. The first kappa shape index (κ1) is 22.1. The Morgan fingerprint density at radius 1 is 1.07 bits per heavy atom. The van der Waals surface area contributed by atoms with Crippen LogP contribution >= 0.6 is 0 Å². The Labute approximate surface area is 164 Å². The van der Waals surface area contributed by atoms with E-state index < -0.39 is 0 Å². The molecule has 0 aromatic heterocycles. The minimum absolute atomic E-state index is 0.873. The molecule has 0 N–H and O–H groups in total. The lowest BCUT2D eigenvalue weighted by atomic mass is 10.0. The Morgan fingerprint density at radius 3 is 2.26 bits per heavy atom. The van der Waals surface area contributed by atoms with E-state index in [1.54, 1.807) is 13.1 Å². The summed E-state index contributed by atoms with van der Waals surface area (Å²) in [5.74, 6) is 0. The number of aliphatic imine (C=N–C) groups is 2. The normalized spacial score (nSPS) is 14.2. The Bertz CT molecular complexity index is 831. The Morgan fingerprint density at radius 2 is 1.74 bits per heavy atom. The molecule has 1 aromatic carbocycles. The maximum absolute atomic E-state index is 4.81. The summed E-state index contributed by atoms with van der Waals surface area (Å²) in [5, 5.41) is 0. The van der Waals surface area contributed by atoms with E-state index in [9.17, 15) is 0 Å². The van der Waals surface area contributed by atoms with Crippen LogP contribution in [0, 0.1) is 0 Å². The average molecular weight is 362 g/mol. The molecule has 0 spiro atoms. The van der Waals surface area contributed by atoms with Gasteiger partial charge in [-0.1, -0.05) is 49.6 Å². The lowest BCUT2D eigenvalue weighted by Crippen LogP contribution is -2.03. The smallest absolute Gasteiger partial charge is 0.0657 e. The predicted octanol–water partition coefficient (Wildman–Crippen LogP) is 5.69. The van der Waals surface area contributed by atoms with Crippen molar-refractivity contribution in [2.45, 2.75) is 20.8 Å². The number of hydrogen-bond acceptors (Lipinski definition) is 3. The molecule has 0 aliphatic heterocycles. The molecule has 1 aromatic rings. The van der Waals surface area contributed by atoms with Crippen molar-refractivity contribution >= 4 is 17.0 Å². The van der Waals surface area contributed by atoms with Crippen LogP contribution in [0.15, 0.2) is 89.2 Å². The van der Waals surface area contributed by atoms with Gasteiger partial charge in [0, 0.05) is 44.3 Å². The zero-order valence-corrected chi connectivity index (χ0v) is 17.5. The molecule has 0 bridgehead atoms. The molecular formula is C24H31N3. The van der Waals surface area contributed by atoms with Crippen molar-refractivity contribution in [2.24, 2.45) is 9.98 Å². The van der Waals surface area contributed by atoms with Gasteiger partial charge >= 0.3 is 0 Å². The van der Waals surface area contributed by atoms with E-state index in [-0.39, 0.29) is 0 Å². The van der Waals surface area contributed by atoms with Gasteiger partial charge in [-0.15, -0.1) is 0 Å². The highest BCUT2D eigenvalue weighted by Gasteiger charge is 2.06. The van der Waals surface area contributed by atoms with Gasteiger partial charge in [0.25, 0.3) is 0 Å². The molecule has 0 atom stereocenters. The van der Waals surface area contributed by atoms with Crippen LogP contribution in [-0.2, 0) is 0 Å². The van der Waals surface area contributed by atoms with Crippen molar-refractivity contribution in [3.05, 3.63) is 90.3 Å². The second kappa shape index (κ2) is 10.9. The number of allylic oxidation sites excluding steroid dienone is 7. The second-order valence-corrected chi connectivity index (χ2v) is 6.34. The van der Waals surface area contributed by atoms with E-state index in [4.69, 9.17) is 4.99 Å². The topological polar surface area (TPSA) is 28.0 Å². The molecule has 0 aliphatic rings. The zero-order valence-electron chi connectivity index (χ0n) is 17.5. The first-order chi connectivity index (χ1) is 12.9. The third-order valence-electron chi connectivity index (χ3n) is 4.00. The van der Waals surface area contributed by atoms with E-state index >= 15 is 0 Å². The molecule has 0 unspecified atom stereocenters. The quantitative estimate of drug-likeness (QED) is 0.432. The molecule has 0 saturated carbocycles. The molecule has 0 radical (unpaired) electrons. The molecule has 0 aliphatic carbocycles. The summed E-state index contributed by atoms with van der Waals surface area (Å²) in [4.78, 5) is 11.2. The van der Waals surface area contributed by atoms with Crippen LogP contribution in [-0.4, -0.2) is 37.5 Å². The highest BCUT2D eigenvalue weighted by molar-refractivity contribution is 6.11. The van der Waals surface area contributed by atoms with Crippen LogP contribution in [0.25, 0.3) is 5.57 Å². The molecule has 1 rings (SSSR count). The molecule has 0 amide bonds. The first-order valence-electron chi connectivity index (χ1n) is 8.97. The van der Waals surface area contributed by atoms with Crippen LogP contribution in [0.2, 0.25) is 0 Å². The van der Waals surface area contributed by atoms with Gasteiger partial charge in [0.1, 0.15) is 0 Å². The third kappa shape index (κ3) is 6.37. The number of hydrogen-bond donors (Lipinski definition) is 0. The fourth-order valence-electron chi connectivity index (χ4n) is 2.70. The second-order valence-electron chi connectivity index (χ2n) is 6.34. The van der Waals surface area contributed by atoms with Gasteiger partial charge in [-0.05, 0) is 49.6 Å². The van der Waals surface area contributed by atoms with Crippen LogP contribution < -0.4 is 0 Å². The van der Waals surface area contributed by atoms with Crippen molar-refractivity contribution in [1.82, 2.24) is 4.90 Å². The average Bonchev–Trinajstić information content (AvgIpc) is 2.65. The number of benzene rings is 1. The molecule has 142 valence electrons. The van der Waals surface area contributed by atoms with E-state index in [1.165, 1.54) is 0 Å². The minimum Gasteiger partial charge on any atom is -0.383 e. The summed E-state index contributed by atoms with van der Waals surface area (Å²) in [6.45, 7) is 13.8. The number of rotatable bonds is 8. The fraction of sp³-hybridized carbons (Fsp3) is 0.250. The minimum atomic E-state index is 0.873. The third-order valence-corrected chi connectivity index (χ3v) is 4.00. The van der Waals surface area contributed by atoms with Crippen molar-refractivity contribution in [3.8, 4) is 0 Å². The van der Waals surface area contributed by atoms with E-state index in [2.05, 4.69) is 42.5 Å². The van der Waals surface area contributed by atoms with Gasteiger partial charge in [0.15, 0.2) is 0 Å².